The van der Waals surface area contributed by atoms with E-state index in [1.807, 2.05) is 0 Å². The molecule has 0 atom stereocenters. The summed E-state index contributed by atoms with van der Waals surface area (Å²) < 4.78 is 44.0. The number of carboxylic acids is 1. The van der Waals surface area contributed by atoms with Crippen molar-refractivity contribution in [3.05, 3.63) is 47.6 Å². The SMILES string of the molecule is O=C(O)c1ccc(F)c(S(=O)(=O)NCc2ccon2)c1. The minimum Gasteiger partial charge on any atom is -0.478 e. The Hall–Kier alpha value is -2.26. The Morgan fingerprint density at radius 3 is 2.75 bits per heavy atom. The lowest BCUT2D eigenvalue weighted by Crippen LogP contribution is -2.24. The van der Waals surface area contributed by atoms with Crippen LogP contribution in [-0.2, 0) is 16.6 Å². The molecule has 0 amide bonds. The van der Waals surface area contributed by atoms with Gasteiger partial charge < -0.3 is 9.63 Å². The average molecular weight is 300 g/mol. The molecule has 2 N–H and O–H groups in total. The molecule has 0 aliphatic heterocycles. The normalized spacial score (nSPS) is 11.4. The predicted octanol–water partition coefficient (Wildman–Crippen LogP) is 0.990. The maximum Gasteiger partial charge on any atom is 0.335 e. The van der Waals surface area contributed by atoms with Gasteiger partial charge in [-0.1, -0.05) is 5.16 Å². The van der Waals surface area contributed by atoms with Crippen molar-refractivity contribution < 1.29 is 27.2 Å². The molecule has 1 aromatic heterocycles. The Bertz CT molecular complexity index is 727. The first-order valence-electron chi connectivity index (χ1n) is 5.32. The minimum absolute atomic E-state index is 0.199. The molecule has 7 nitrogen and oxygen atoms in total. The smallest absolute Gasteiger partial charge is 0.335 e. The monoisotopic (exact) mass is 300 g/mol. The Morgan fingerprint density at radius 2 is 2.15 bits per heavy atom. The van der Waals surface area contributed by atoms with Crippen LogP contribution < -0.4 is 4.72 Å². The Kier molecular flexibility index (Phi) is 3.81. The molecule has 0 saturated carbocycles. The highest BCUT2D eigenvalue weighted by atomic mass is 32.2. The van der Waals surface area contributed by atoms with E-state index in [1.54, 1.807) is 0 Å². The van der Waals surface area contributed by atoms with E-state index in [9.17, 15) is 17.6 Å². The number of hydrogen-bond acceptors (Lipinski definition) is 5. The van der Waals surface area contributed by atoms with Crippen molar-refractivity contribution >= 4 is 16.0 Å². The zero-order chi connectivity index (χ0) is 14.8. The van der Waals surface area contributed by atoms with E-state index >= 15 is 0 Å². The van der Waals surface area contributed by atoms with Crippen molar-refractivity contribution in [2.24, 2.45) is 0 Å². The van der Waals surface area contributed by atoms with Gasteiger partial charge in [0.25, 0.3) is 0 Å². The molecule has 0 unspecified atom stereocenters. The number of sulfonamides is 1. The second-order valence-corrected chi connectivity index (χ2v) is 5.50. The molecule has 9 heteroatoms. The molecule has 0 bridgehead atoms. The Labute approximate surface area is 113 Å². The number of aromatic nitrogens is 1. The lowest BCUT2D eigenvalue weighted by Gasteiger charge is -2.07. The highest BCUT2D eigenvalue weighted by Gasteiger charge is 2.21. The fourth-order valence-corrected chi connectivity index (χ4v) is 2.52. The Morgan fingerprint density at radius 1 is 1.40 bits per heavy atom. The van der Waals surface area contributed by atoms with Crippen molar-refractivity contribution in [3.63, 3.8) is 0 Å². The van der Waals surface area contributed by atoms with Crippen LogP contribution in [0.2, 0.25) is 0 Å². The molecule has 0 radical (unpaired) electrons. The van der Waals surface area contributed by atoms with Crippen molar-refractivity contribution in [2.45, 2.75) is 11.4 Å². The molecule has 2 rings (SSSR count). The fourth-order valence-electron chi connectivity index (χ4n) is 1.42. The number of aromatic carboxylic acids is 1. The topological polar surface area (TPSA) is 110 Å². The van der Waals surface area contributed by atoms with Gasteiger partial charge in [0.05, 0.1) is 17.8 Å². The van der Waals surface area contributed by atoms with Crippen LogP contribution in [0, 0.1) is 5.82 Å². The zero-order valence-corrected chi connectivity index (χ0v) is 10.7. The summed E-state index contributed by atoms with van der Waals surface area (Å²) >= 11 is 0. The summed E-state index contributed by atoms with van der Waals surface area (Å²) in [7, 11) is -4.19. The molecule has 1 heterocycles. The van der Waals surface area contributed by atoms with Gasteiger partial charge in [0, 0.05) is 6.07 Å². The first-order chi connectivity index (χ1) is 9.40. The summed E-state index contributed by atoms with van der Waals surface area (Å²) in [5.74, 6) is -2.39. The van der Waals surface area contributed by atoms with Crippen LogP contribution in [0.15, 0.2) is 39.9 Å². The molecule has 2 aromatic rings. The van der Waals surface area contributed by atoms with Gasteiger partial charge in [-0.3, -0.25) is 0 Å². The van der Waals surface area contributed by atoms with Crippen LogP contribution in [0.1, 0.15) is 16.1 Å². The largest absolute Gasteiger partial charge is 0.478 e. The van der Waals surface area contributed by atoms with Crippen LogP contribution in [0.4, 0.5) is 4.39 Å². The maximum absolute atomic E-state index is 13.5. The molecule has 0 saturated heterocycles. The van der Waals surface area contributed by atoms with Crippen LogP contribution in [0.3, 0.4) is 0 Å². The maximum atomic E-state index is 13.5. The summed E-state index contributed by atoms with van der Waals surface area (Å²) in [5.41, 5.74) is -0.0171. The highest BCUT2D eigenvalue weighted by molar-refractivity contribution is 7.89. The van der Waals surface area contributed by atoms with E-state index in [1.165, 1.54) is 12.3 Å². The molecule has 20 heavy (non-hydrogen) atoms. The van der Waals surface area contributed by atoms with Crippen LogP contribution in [0.25, 0.3) is 0 Å². The standard InChI is InChI=1S/C11H9FN2O5S/c12-9-2-1-7(11(15)16)5-10(9)20(17,18)13-6-8-3-4-19-14-8/h1-5,13H,6H2,(H,15,16). The number of halogens is 1. The van der Waals surface area contributed by atoms with Gasteiger partial charge in [0.1, 0.15) is 17.0 Å². The predicted molar refractivity (Wildman–Crippen MR) is 63.9 cm³/mol. The van der Waals surface area contributed by atoms with Gasteiger partial charge in [0.15, 0.2) is 0 Å². The molecule has 106 valence electrons. The van der Waals surface area contributed by atoms with Gasteiger partial charge in [-0.2, -0.15) is 0 Å². The Balaban J connectivity index is 2.28. The van der Waals surface area contributed by atoms with Gasteiger partial charge in [-0.25, -0.2) is 22.3 Å². The summed E-state index contributed by atoms with van der Waals surface area (Å²) in [6, 6.07) is 3.96. The van der Waals surface area contributed by atoms with Crippen molar-refractivity contribution in [3.8, 4) is 0 Å². The number of nitrogens with zero attached hydrogens (tertiary/aromatic N) is 1. The lowest BCUT2D eigenvalue weighted by atomic mass is 10.2. The molecular weight excluding hydrogens is 291 g/mol. The molecule has 0 fully saturated rings. The van der Waals surface area contributed by atoms with Crippen molar-refractivity contribution in [1.82, 2.24) is 9.88 Å². The second kappa shape index (κ2) is 5.39. The third-order valence-corrected chi connectivity index (χ3v) is 3.82. The summed E-state index contributed by atoms with van der Waals surface area (Å²) in [5, 5.41) is 12.3. The third-order valence-electron chi connectivity index (χ3n) is 2.40. The van der Waals surface area contributed by atoms with Gasteiger partial charge >= 0.3 is 5.97 Å². The van der Waals surface area contributed by atoms with Crippen LogP contribution in [-0.4, -0.2) is 24.7 Å². The first kappa shape index (κ1) is 14.2. The first-order valence-corrected chi connectivity index (χ1v) is 6.80. The molecular formula is C11H9FN2O5S. The highest BCUT2D eigenvalue weighted by Crippen LogP contribution is 2.16. The summed E-state index contributed by atoms with van der Waals surface area (Å²) in [4.78, 5) is 10.0. The molecule has 0 aliphatic carbocycles. The quantitative estimate of drug-likeness (QED) is 0.852. The number of carboxylic acid groups (broad SMARTS) is 1. The van der Waals surface area contributed by atoms with Gasteiger partial charge in [-0.15, -0.1) is 0 Å². The minimum atomic E-state index is -4.19. The van der Waals surface area contributed by atoms with E-state index in [2.05, 4.69) is 14.4 Å². The number of nitrogens with one attached hydrogen (secondary N) is 1. The summed E-state index contributed by atoms with van der Waals surface area (Å²) in [6.45, 7) is -0.199. The third kappa shape index (κ3) is 3.00. The number of carbonyl (C=O) groups is 1. The number of rotatable bonds is 5. The number of benzene rings is 1. The van der Waals surface area contributed by atoms with E-state index in [4.69, 9.17) is 5.11 Å². The summed E-state index contributed by atoms with van der Waals surface area (Å²) in [6.07, 6.45) is 1.26. The van der Waals surface area contributed by atoms with Crippen molar-refractivity contribution in [2.75, 3.05) is 0 Å². The van der Waals surface area contributed by atoms with Gasteiger partial charge in [0.2, 0.25) is 10.0 Å². The van der Waals surface area contributed by atoms with Crippen LogP contribution >= 0.6 is 0 Å². The average Bonchev–Trinajstić information content (AvgIpc) is 2.89. The van der Waals surface area contributed by atoms with E-state index in [0.29, 0.717) is 5.69 Å². The lowest BCUT2D eigenvalue weighted by molar-refractivity contribution is 0.0696. The second-order valence-electron chi connectivity index (χ2n) is 3.77. The number of hydrogen-bond donors (Lipinski definition) is 2. The zero-order valence-electron chi connectivity index (χ0n) is 9.91. The van der Waals surface area contributed by atoms with E-state index in [-0.39, 0.29) is 12.1 Å². The molecule has 0 aliphatic rings. The van der Waals surface area contributed by atoms with Crippen LogP contribution in [0.5, 0.6) is 0 Å². The fraction of sp³-hybridized carbons (Fsp3) is 0.0909. The molecule has 1 aromatic carbocycles. The van der Waals surface area contributed by atoms with Crippen molar-refractivity contribution in [1.29, 1.82) is 0 Å². The molecule has 0 spiro atoms. The van der Waals surface area contributed by atoms with Gasteiger partial charge in [-0.05, 0) is 18.2 Å². The van der Waals surface area contributed by atoms with E-state index in [0.717, 1.165) is 18.2 Å². The van der Waals surface area contributed by atoms with E-state index < -0.39 is 26.7 Å².